The smallest absolute Gasteiger partial charge is 0.156 e. The molecule has 0 saturated carbocycles. The van der Waals surface area contributed by atoms with Crippen molar-refractivity contribution in [1.29, 1.82) is 5.41 Å². The third-order valence-electron chi connectivity index (χ3n) is 2.07. The van der Waals surface area contributed by atoms with E-state index in [4.69, 9.17) is 11.1 Å². The molecular formula is C11H12N4S2. The zero-order valence-corrected chi connectivity index (χ0v) is 11.2. The molecule has 17 heavy (non-hydrogen) atoms. The van der Waals surface area contributed by atoms with Gasteiger partial charge in [0.05, 0.1) is 0 Å². The van der Waals surface area contributed by atoms with Gasteiger partial charge >= 0.3 is 0 Å². The minimum Gasteiger partial charge on any atom is -0.384 e. The van der Waals surface area contributed by atoms with Crippen molar-refractivity contribution in [2.45, 2.75) is 23.2 Å². The monoisotopic (exact) mass is 264 g/mol. The standard InChI is InChI=1S/C11H12N4S2/c1-6-3-4-8(9(12)13)10(14-6)17-11-15-7(2)5-16-11/h3-5H,1-2H3,(H3,12,13). The fourth-order valence-corrected chi connectivity index (χ4v) is 3.20. The van der Waals surface area contributed by atoms with Gasteiger partial charge in [-0.3, -0.25) is 5.41 Å². The highest BCUT2D eigenvalue weighted by Gasteiger charge is 2.11. The number of hydrogen-bond donors (Lipinski definition) is 2. The molecule has 0 aliphatic rings. The maximum absolute atomic E-state index is 7.53. The van der Waals surface area contributed by atoms with Crippen LogP contribution in [0.5, 0.6) is 0 Å². The Morgan fingerprint density at radius 3 is 2.65 bits per heavy atom. The molecule has 88 valence electrons. The lowest BCUT2D eigenvalue weighted by Gasteiger charge is -2.05. The van der Waals surface area contributed by atoms with Gasteiger partial charge in [0.1, 0.15) is 10.9 Å². The normalized spacial score (nSPS) is 10.5. The van der Waals surface area contributed by atoms with Crippen molar-refractivity contribution in [1.82, 2.24) is 9.97 Å². The minimum absolute atomic E-state index is 0.0354. The Kier molecular flexibility index (Phi) is 3.44. The predicted molar refractivity (Wildman–Crippen MR) is 71.0 cm³/mol. The lowest BCUT2D eigenvalue weighted by atomic mass is 10.2. The number of rotatable bonds is 3. The van der Waals surface area contributed by atoms with Crippen LogP contribution in [0.4, 0.5) is 0 Å². The van der Waals surface area contributed by atoms with Crippen LogP contribution in [0.3, 0.4) is 0 Å². The van der Waals surface area contributed by atoms with E-state index in [1.54, 1.807) is 11.3 Å². The molecule has 0 spiro atoms. The molecule has 0 aliphatic carbocycles. The molecule has 2 heterocycles. The molecule has 0 saturated heterocycles. The molecule has 6 heteroatoms. The maximum atomic E-state index is 7.53. The minimum atomic E-state index is 0.0354. The van der Waals surface area contributed by atoms with E-state index in [-0.39, 0.29) is 5.84 Å². The largest absolute Gasteiger partial charge is 0.384 e. The Morgan fingerprint density at radius 2 is 2.06 bits per heavy atom. The van der Waals surface area contributed by atoms with E-state index in [1.807, 2.05) is 31.4 Å². The van der Waals surface area contributed by atoms with Crippen LogP contribution in [0.15, 0.2) is 26.9 Å². The summed E-state index contributed by atoms with van der Waals surface area (Å²) in [6, 6.07) is 3.68. The Bertz CT molecular complexity index is 562. The third-order valence-corrected chi connectivity index (χ3v) is 4.13. The molecule has 4 nitrogen and oxygen atoms in total. The van der Waals surface area contributed by atoms with Crippen molar-refractivity contribution in [3.05, 3.63) is 34.5 Å². The van der Waals surface area contributed by atoms with Gasteiger partial charge in [-0.05, 0) is 37.7 Å². The number of nitrogens with zero attached hydrogens (tertiary/aromatic N) is 2. The fourth-order valence-electron chi connectivity index (χ4n) is 1.28. The molecule has 0 amide bonds. The predicted octanol–water partition coefficient (Wildman–Crippen LogP) is 2.59. The molecule has 2 aromatic rings. The number of hydrogen-bond acceptors (Lipinski definition) is 5. The number of pyridine rings is 1. The Balaban J connectivity index is 2.37. The molecule has 2 aromatic heterocycles. The third kappa shape index (κ3) is 2.83. The van der Waals surface area contributed by atoms with Crippen LogP contribution in [0.2, 0.25) is 0 Å². The number of nitrogens with one attached hydrogen (secondary N) is 1. The number of aromatic nitrogens is 2. The molecular weight excluding hydrogens is 252 g/mol. The second-order valence-corrected chi connectivity index (χ2v) is 5.67. The topological polar surface area (TPSA) is 75.7 Å². The number of nitrogens with two attached hydrogens (primary N) is 1. The zero-order chi connectivity index (χ0) is 12.4. The van der Waals surface area contributed by atoms with Gasteiger partial charge in [-0.25, -0.2) is 9.97 Å². The summed E-state index contributed by atoms with van der Waals surface area (Å²) >= 11 is 3.02. The summed E-state index contributed by atoms with van der Waals surface area (Å²) in [4.78, 5) is 8.77. The average Bonchev–Trinajstić information content (AvgIpc) is 2.63. The van der Waals surface area contributed by atoms with Crippen LogP contribution in [0.25, 0.3) is 0 Å². The highest BCUT2D eigenvalue weighted by molar-refractivity contribution is 8.01. The lowest BCUT2D eigenvalue weighted by Crippen LogP contribution is -2.13. The maximum Gasteiger partial charge on any atom is 0.156 e. The van der Waals surface area contributed by atoms with Crippen LogP contribution in [-0.4, -0.2) is 15.8 Å². The number of aryl methyl sites for hydroxylation is 2. The Morgan fingerprint density at radius 1 is 1.29 bits per heavy atom. The molecule has 0 fully saturated rings. The van der Waals surface area contributed by atoms with Crippen molar-refractivity contribution in [3.63, 3.8) is 0 Å². The summed E-state index contributed by atoms with van der Waals surface area (Å²) in [6.45, 7) is 3.87. The molecule has 0 unspecified atom stereocenters. The fraction of sp³-hybridized carbons (Fsp3) is 0.182. The first-order valence-electron chi connectivity index (χ1n) is 4.98. The van der Waals surface area contributed by atoms with E-state index < -0.39 is 0 Å². The molecule has 0 radical (unpaired) electrons. The van der Waals surface area contributed by atoms with Gasteiger partial charge < -0.3 is 5.73 Å². The van der Waals surface area contributed by atoms with E-state index in [0.29, 0.717) is 5.56 Å². The van der Waals surface area contributed by atoms with Crippen LogP contribution in [0.1, 0.15) is 17.0 Å². The van der Waals surface area contributed by atoms with E-state index in [1.165, 1.54) is 11.8 Å². The summed E-state index contributed by atoms with van der Waals surface area (Å²) in [7, 11) is 0. The van der Waals surface area contributed by atoms with Gasteiger partial charge in [0.2, 0.25) is 0 Å². The zero-order valence-electron chi connectivity index (χ0n) is 9.52. The first-order chi connectivity index (χ1) is 8.06. The average molecular weight is 264 g/mol. The SMILES string of the molecule is Cc1csc(Sc2nc(C)ccc2C(=N)N)n1. The second-order valence-electron chi connectivity index (χ2n) is 3.58. The quantitative estimate of drug-likeness (QED) is 0.660. The van der Waals surface area contributed by atoms with Crippen molar-refractivity contribution in [2.75, 3.05) is 0 Å². The van der Waals surface area contributed by atoms with Crippen molar-refractivity contribution in [2.24, 2.45) is 5.73 Å². The molecule has 0 aliphatic heterocycles. The van der Waals surface area contributed by atoms with Crippen molar-refractivity contribution >= 4 is 28.9 Å². The van der Waals surface area contributed by atoms with E-state index in [0.717, 1.165) is 20.8 Å². The van der Waals surface area contributed by atoms with Gasteiger partial charge in [-0.15, -0.1) is 11.3 Å². The van der Waals surface area contributed by atoms with E-state index >= 15 is 0 Å². The summed E-state index contributed by atoms with van der Waals surface area (Å²) in [5.74, 6) is 0.0354. The molecule has 0 aromatic carbocycles. The Hall–Kier alpha value is -1.40. The van der Waals surface area contributed by atoms with Gasteiger partial charge in [0, 0.05) is 22.3 Å². The van der Waals surface area contributed by atoms with E-state index in [2.05, 4.69) is 9.97 Å². The summed E-state index contributed by atoms with van der Waals surface area (Å²) in [5.41, 5.74) is 8.10. The lowest BCUT2D eigenvalue weighted by molar-refractivity contribution is 1.04. The van der Waals surface area contributed by atoms with Crippen molar-refractivity contribution < 1.29 is 0 Å². The molecule has 2 rings (SSSR count). The number of amidine groups is 1. The molecule has 0 bridgehead atoms. The van der Waals surface area contributed by atoms with Gasteiger partial charge in [-0.2, -0.15) is 0 Å². The summed E-state index contributed by atoms with van der Waals surface area (Å²) < 4.78 is 0.920. The summed E-state index contributed by atoms with van der Waals surface area (Å²) in [6.07, 6.45) is 0. The highest BCUT2D eigenvalue weighted by Crippen LogP contribution is 2.31. The van der Waals surface area contributed by atoms with Crippen LogP contribution < -0.4 is 5.73 Å². The molecule has 0 atom stereocenters. The van der Waals surface area contributed by atoms with Crippen LogP contribution >= 0.6 is 23.1 Å². The molecule has 3 N–H and O–H groups in total. The summed E-state index contributed by atoms with van der Waals surface area (Å²) in [5, 5.41) is 10.3. The van der Waals surface area contributed by atoms with Gasteiger partial charge in [0.15, 0.2) is 4.34 Å². The van der Waals surface area contributed by atoms with Crippen molar-refractivity contribution in [3.8, 4) is 0 Å². The van der Waals surface area contributed by atoms with Gasteiger partial charge in [-0.1, -0.05) is 0 Å². The number of nitrogen functional groups attached to an aromatic ring is 1. The Labute approximate surface area is 108 Å². The first-order valence-corrected chi connectivity index (χ1v) is 6.68. The number of thiazole rings is 1. The van der Waals surface area contributed by atoms with Gasteiger partial charge in [0.25, 0.3) is 0 Å². The first kappa shape index (κ1) is 12.1. The van der Waals surface area contributed by atoms with Crippen LogP contribution in [0, 0.1) is 19.3 Å². The van der Waals surface area contributed by atoms with E-state index in [9.17, 15) is 0 Å². The van der Waals surface area contributed by atoms with Crippen LogP contribution in [-0.2, 0) is 0 Å². The second kappa shape index (κ2) is 4.85. The highest BCUT2D eigenvalue weighted by atomic mass is 32.2.